The number of fused-ring (bicyclic) bond motifs is 1. The zero-order valence-corrected chi connectivity index (χ0v) is 13.1. The predicted octanol–water partition coefficient (Wildman–Crippen LogP) is 3.11. The third-order valence-corrected chi connectivity index (χ3v) is 4.35. The Kier molecular flexibility index (Phi) is 3.73. The Morgan fingerprint density at radius 2 is 1.83 bits per heavy atom. The van der Waals surface area contributed by atoms with Gasteiger partial charge < -0.3 is 4.84 Å². The van der Waals surface area contributed by atoms with Crippen molar-refractivity contribution in [3.63, 3.8) is 0 Å². The molecule has 0 saturated heterocycles. The van der Waals surface area contributed by atoms with Gasteiger partial charge in [-0.25, -0.2) is 4.98 Å². The smallest absolute Gasteiger partial charge is 0.159 e. The maximum absolute atomic E-state index is 5.70. The van der Waals surface area contributed by atoms with Crippen molar-refractivity contribution in [1.82, 2.24) is 20.1 Å². The Morgan fingerprint density at radius 3 is 2.74 bits per heavy atom. The highest BCUT2D eigenvalue weighted by Crippen LogP contribution is 2.15. The lowest BCUT2D eigenvalue weighted by molar-refractivity contribution is 0.0734. The zero-order chi connectivity index (χ0) is 15.5. The van der Waals surface area contributed by atoms with Crippen LogP contribution < -0.4 is 4.84 Å². The summed E-state index contributed by atoms with van der Waals surface area (Å²) in [6.45, 7) is 0.374. The summed E-state index contributed by atoms with van der Waals surface area (Å²) in [4.78, 5) is 11.8. The van der Waals surface area contributed by atoms with Crippen LogP contribution in [0.3, 0.4) is 0 Å². The van der Waals surface area contributed by atoms with Gasteiger partial charge in [0.25, 0.3) is 0 Å². The standard InChI is InChI=1S/C17H14N4OS/c1-2-6-13(7-3-1)10-17-18-14(12-23-17)11-22-21-16-9-5-4-8-15(16)19-20-21/h1-9,12H,10-11H2. The molecule has 4 rings (SSSR count). The highest BCUT2D eigenvalue weighted by atomic mass is 32.1. The quantitative estimate of drug-likeness (QED) is 0.566. The molecule has 0 N–H and O–H groups in total. The molecule has 0 radical (unpaired) electrons. The molecule has 2 aromatic heterocycles. The van der Waals surface area contributed by atoms with E-state index in [1.54, 1.807) is 11.3 Å². The third kappa shape index (κ3) is 3.07. The van der Waals surface area contributed by atoms with Gasteiger partial charge >= 0.3 is 0 Å². The van der Waals surface area contributed by atoms with Gasteiger partial charge in [-0.2, -0.15) is 0 Å². The first-order valence-electron chi connectivity index (χ1n) is 7.29. The molecule has 0 saturated carbocycles. The molecular formula is C17H14N4OS. The van der Waals surface area contributed by atoms with Gasteiger partial charge in [0.1, 0.15) is 11.0 Å². The van der Waals surface area contributed by atoms with Gasteiger partial charge in [0, 0.05) is 11.8 Å². The lowest BCUT2D eigenvalue weighted by atomic mass is 10.2. The second kappa shape index (κ2) is 6.18. The number of aromatic nitrogens is 4. The molecule has 5 nitrogen and oxygen atoms in total. The van der Waals surface area contributed by atoms with Gasteiger partial charge in [0.2, 0.25) is 0 Å². The maximum atomic E-state index is 5.70. The zero-order valence-electron chi connectivity index (χ0n) is 12.3. The van der Waals surface area contributed by atoms with Crippen molar-refractivity contribution >= 4 is 22.4 Å². The summed E-state index contributed by atoms with van der Waals surface area (Å²) < 4.78 is 0. The van der Waals surface area contributed by atoms with Crippen LogP contribution in [0.25, 0.3) is 11.0 Å². The number of thiazole rings is 1. The maximum Gasteiger partial charge on any atom is 0.159 e. The van der Waals surface area contributed by atoms with Gasteiger partial charge in [0.05, 0.1) is 10.7 Å². The molecule has 0 aliphatic carbocycles. The van der Waals surface area contributed by atoms with E-state index in [-0.39, 0.29) is 0 Å². The second-order valence-corrected chi connectivity index (χ2v) is 6.06. The summed E-state index contributed by atoms with van der Waals surface area (Å²) in [7, 11) is 0. The second-order valence-electron chi connectivity index (χ2n) is 5.12. The number of benzene rings is 2. The number of rotatable bonds is 5. The van der Waals surface area contributed by atoms with Crippen molar-refractivity contribution in [3.05, 3.63) is 76.2 Å². The molecule has 4 aromatic rings. The predicted molar refractivity (Wildman–Crippen MR) is 89.2 cm³/mol. The van der Waals surface area contributed by atoms with Crippen molar-refractivity contribution in [3.8, 4) is 0 Å². The van der Waals surface area contributed by atoms with E-state index in [9.17, 15) is 0 Å². The van der Waals surface area contributed by atoms with Crippen LogP contribution in [0.15, 0.2) is 60.0 Å². The van der Waals surface area contributed by atoms with Crippen LogP contribution in [0.2, 0.25) is 0 Å². The largest absolute Gasteiger partial charge is 0.388 e. The van der Waals surface area contributed by atoms with E-state index >= 15 is 0 Å². The van der Waals surface area contributed by atoms with Gasteiger partial charge in [-0.1, -0.05) is 47.3 Å². The first-order chi connectivity index (χ1) is 11.4. The fourth-order valence-corrected chi connectivity index (χ4v) is 3.15. The number of hydrogen-bond acceptors (Lipinski definition) is 5. The lowest BCUT2D eigenvalue weighted by Gasteiger charge is -2.02. The van der Waals surface area contributed by atoms with Crippen molar-refractivity contribution in [1.29, 1.82) is 0 Å². The Hall–Kier alpha value is -2.73. The van der Waals surface area contributed by atoms with E-state index in [1.165, 1.54) is 10.4 Å². The summed E-state index contributed by atoms with van der Waals surface area (Å²) in [5, 5.41) is 11.2. The molecule has 114 valence electrons. The summed E-state index contributed by atoms with van der Waals surface area (Å²) in [6, 6.07) is 18.0. The van der Waals surface area contributed by atoms with Crippen molar-refractivity contribution in [2.75, 3.05) is 0 Å². The van der Waals surface area contributed by atoms with Gasteiger partial charge in [-0.05, 0) is 22.9 Å². The van der Waals surface area contributed by atoms with Gasteiger partial charge in [-0.15, -0.1) is 16.4 Å². The molecule has 2 heterocycles. The number of nitrogens with zero attached hydrogens (tertiary/aromatic N) is 4. The molecule has 0 aliphatic heterocycles. The van der Waals surface area contributed by atoms with Crippen LogP contribution in [0, 0.1) is 0 Å². The van der Waals surface area contributed by atoms with Crippen LogP contribution in [-0.4, -0.2) is 20.1 Å². The third-order valence-electron chi connectivity index (χ3n) is 3.45. The molecule has 23 heavy (non-hydrogen) atoms. The Morgan fingerprint density at radius 1 is 1.00 bits per heavy atom. The minimum atomic E-state index is 0.374. The minimum absolute atomic E-state index is 0.374. The lowest BCUT2D eigenvalue weighted by Crippen LogP contribution is -2.13. The molecule has 0 atom stereocenters. The van der Waals surface area contributed by atoms with E-state index in [4.69, 9.17) is 4.84 Å². The normalized spacial score (nSPS) is 11.0. The monoisotopic (exact) mass is 322 g/mol. The van der Waals surface area contributed by atoms with Crippen LogP contribution in [-0.2, 0) is 13.0 Å². The van der Waals surface area contributed by atoms with Crippen LogP contribution in [0.4, 0.5) is 0 Å². The average molecular weight is 322 g/mol. The summed E-state index contributed by atoms with van der Waals surface area (Å²) in [6.07, 6.45) is 0.845. The molecule has 0 unspecified atom stereocenters. The summed E-state index contributed by atoms with van der Waals surface area (Å²) in [5.74, 6) is 0. The van der Waals surface area contributed by atoms with E-state index in [0.717, 1.165) is 28.2 Å². The molecule has 0 amide bonds. The van der Waals surface area contributed by atoms with E-state index in [0.29, 0.717) is 6.61 Å². The molecule has 0 fully saturated rings. The SMILES string of the molecule is c1ccc(Cc2nc(COn3nnc4ccccc43)cs2)cc1. The Balaban J connectivity index is 1.44. The van der Waals surface area contributed by atoms with Crippen LogP contribution in [0.5, 0.6) is 0 Å². The van der Waals surface area contributed by atoms with E-state index in [1.807, 2.05) is 47.8 Å². The van der Waals surface area contributed by atoms with E-state index in [2.05, 4.69) is 27.4 Å². The van der Waals surface area contributed by atoms with E-state index < -0.39 is 0 Å². The number of para-hydroxylation sites is 1. The molecular weight excluding hydrogens is 308 g/mol. The molecule has 0 spiro atoms. The van der Waals surface area contributed by atoms with Crippen molar-refractivity contribution in [2.24, 2.45) is 0 Å². The first kappa shape index (κ1) is 13.9. The summed E-state index contributed by atoms with van der Waals surface area (Å²) >= 11 is 1.65. The van der Waals surface area contributed by atoms with Crippen LogP contribution >= 0.6 is 11.3 Å². The van der Waals surface area contributed by atoms with Crippen molar-refractivity contribution < 1.29 is 4.84 Å². The topological polar surface area (TPSA) is 52.8 Å². The highest BCUT2D eigenvalue weighted by molar-refractivity contribution is 7.09. The van der Waals surface area contributed by atoms with Gasteiger partial charge in [0.15, 0.2) is 6.61 Å². The fourth-order valence-electron chi connectivity index (χ4n) is 2.34. The average Bonchev–Trinajstić information content (AvgIpc) is 3.21. The molecule has 6 heteroatoms. The molecule has 2 aromatic carbocycles. The highest BCUT2D eigenvalue weighted by Gasteiger charge is 2.07. The first-order valence-corrected chi connectivity index (χ1v) is 8.17. The molecule has 0 aliphatic rings. The molecule has 0 bridgehead atoms. The minimum Gasteiger partial charge on any atom is -0.388 e. The Labute approximate surface area is 137 Å². The number of hydrogen-bond donors (Lipinski definition) is 0. The Bertz CT molecular complexity index is 916. The van der Waals surface area contributed by atoms with Crippen molar-refractivity contribution in [2.45, 2.75) is 13.0 Å². The van der Waals surface area contributed by atoms with Gasteiger partial charge in [-0.3, -0.25) is 0 Å². The fraction of sp³-hybridized carbons (Fsp3) is 0.118. The summed E-state index contributed by atoms with van der Waals surface area (Å²) in [5.41, 5.74) is 3.83. The van der Waals surface area contributed by atoms with Crippen LogP contribution in [0.1, 0.15) is 16.3 Å².